The van der Waals surface area contributed by atoms with E-state index in [4.69, 9.17) is 9.47 Å². The van der Waals surface area contributed by atoms with Crippen LogP contribution >= 0.6 is 0 Å². The van der Waals surface area contributed by atoms with Gasteiger partial charge >= 0.3 is 0 Å². The maximum absolute atomic E-state index is 12.0. The fourth-order valence-corrected chi connectivity index (χ4v) is 2.21. The van der Waals surface area contributed by atoms with Gasteiger partial charge in [-0.15, -0.1) is 5.10 Å². The quantitative estimate of drug-likeness (QED) is 0.812. The van der Waals surface area contributed by atoms with Crippen LogP contribution < -0.4 is 9.47 Å². The van der Waals surface area contributed by atoms with E-state index in [0.717, 1.165) is 0 Å². The van der Waals surface area contributed by atoms with Gasteiger partial charge in [-0.2, -0.15) is 0 Å². The molecule has 1 amide bonds. The number of aromatic nitrogens is 3. The van der Waals surface area contributed by atoms with Crippen LogP contribution in [-0.2, 0) is 4.79 Å². The summed E-state index contributed by atoms with van der Waals surface area (Å²) in [6.07, 6.45) is 3.44. The van der Waals surface area contributed by atoms with Crippen molar-refractivity contribution in [3.05, 3.63) is 36.7 Å². The fraction of sp³-hybridized carbons (Fsp3) is 0.357. The third kappa shape index (κ3) is 2.81. The van der Waals surface area contributed by atoms with Crippen molar-refractivity contribution in [2.75, 3.05) is 26.8 Å². The second-order valence-electron chi connectivity index (χ2n) is 4.78. The molecule has 1 saturated heterocycles. The average molecular weight is 288 g/mol. The second kappa shape index (κ2) is 5.82. The van der Waals surface area contributed by atoms with E-state index in [1.807, 2.05) is 12.1 Å². The second-order valence-corrected chi connectivity index (χ2v) is 4.78. The van der Waals surface area contributed by atoms with Crippen molar-refractivity contribution < 1.29 is 14.3 Å². The van der Waals surface area contributed by atoms with Crippen molar-refractivity contribution >= 4 is 5.91 Å². The van der Waals surface area contributed by atoms with Crippen molar-refractivity contribution in [3.8, 4) is 11.5 Å². The first-order valence-corrected chi connectivity index (χ1v) is 6.67. The molecule has 1 fully saturated rings. The highest BCUT2D eigenvalue weighted by Crippen LogP contribution is 2.26. The Balaban J connectivity index is 1.50. The van der Waals surface area contributed by atoms with Crippen molar-refractivity contribution in [2.24, 2.45) is 0 Å². The Morgan fingerprint density at radius 3 is 2.76 bits per heavy atom. The lowest BCUT2D eigenvalue weighted by molar-refractivity contribution is -0.139. The Morgan fingerprint density at radius 2 is 2.10 bits per heavy atom. The van der Waals surface area contributed by atoms with Crippen molar-refractivity contribution in [2.45, 2.75) is 6.04 Å². The molecule has 2 heterocycles. The first kappa shape index (κ1) is 13.4. The van der Waals surface area contributed by atoms with Crippen LogP contribution in [0.15, 0.2) is 36.7 Å². The SMILES string of the molecule is COc1ccccc1OCC(=O)N1CC(n2ccnn2)C1. The summed E-state index contributed by atoms with van der Waals surface area (Å²) in [6.45, 7) is 1.28. The van der Waals surface area contributed by atoms with E-state index in [2.05, 4.69) is 10.3 Å². The molecule has 2 aromatic rings. The standard InChI is InChI=1S/C14H16N4O3/c1-20-12-4-2-3-5-13(12)21-10-14(19)17-8-11(9-17)18-7-6-15-16-18/h2-7,11H,8-10H2,1H3. The van der Waals surface area contributed by atoms with E-state index >= 15 is 0 Å². The molecule has 1 aliphatic rings. The van der Waals surface area contributed by atoms with Crippen LogP contribution in [0.1, 0.15) is 6.04 Å². The topological polar surface area (TPSA) is 69.5 Å². The van der Waals surface area contributed by atoms with Gasteiger partial charge in [0.15, 0.2) is 18.1 Å². The van der Waals surface area contributed by atoms with E-state index < -0.39 is 0 Å². The maximum atomic E-state index is 12.0. The Bertz CT molecular complexity index is 608. The number of hydrogen-bond acceptors (Lipinski definition) is 5. The summed E-state index contributed by atoms with van der Waals surface area (Å²) >= 11 is 0. The Morgan fingerprint density at radius 1 is 1.33 bits per heavy atom. The summed E-state index contributed by atoms with van der Waals surface area (Å²) in [7, 11) is 1.57. The van der Waals surface area contributed by atoms with Gasteiger partial charge in [-0.3, -0.25) is 4.79 Å². The predicted molar refractivity (Wildman–Crippen MR) is 74.1 cm³/mol. The third-order valence-electron chi connectivity index (χ3n) is 3.45. The van der Waals surface area contributed by atoms with Crippen molar-refractivity contribution in [3.63, 3.8) is 0 Å². The summed E-state index contributed by atoms with van der Waals surface area (Å²) in [5.41, 5.74) is 0. The van der Waals surface area contributed by atoms with Gasteiger partial charge in [0.05, 0.1) is 19.3 Å². The smallest absolute Gasteiger partial charge is 0.260 e. The molecule has 0 radical (unpaired) electrons. The number of rotatable bonds is 5. The number of methoxy groups -OCH3 is 1. The molecule has 0 atom stereocenters. The number of hydrogen-bond donors (Lipinski definition) is 0. The maximum Gasteiger partial charge on any atom is 0.260 e. The molecule has 3 rings (SSSR count). The highest BCUT2D eigenvalue weighted by molar-refractivity contribution is 5.78. The zero-order chi connectivity index (χ0) is 14.7. The van der Waals surface area contributed by atoms with Crippen LogP contribution in [0.25, 0.3) is 0 Å². The minimum atomic E-state index is -0.0442. The van der Waals surface area contributed by atoms with E-state index in [-0.39, 0.29) is 18.6 Å². The molecular formula is C14H16N4O3. The molecule has 0 saturated carbocycles. The van der Waals surface area contributed by atoms with Gasteiger partial charge < -0.3 is 14.4 Å². The highest BCUT2D eigenvalue weighted by atomic mass is 16.5. The Hall–Kier alpha value is -2.57. The first-order valence-electron chi connectivity index (χ1n) is 6.67. The summed E-state index contributed by atoms with van der Waals surface area (Å²) < 4.78 is 12.5. The van der Waals surface area contributed by atoms with Gasteiger partial charge in [0, 0.05) is 19.3 Å². The molecule has 0 N–H and O–H groups in total. The summed E-state index contributed by atoms with van der Waals surface area (Å²) in [5, 5.41) is 7.69. The molecule has 21 heavy (non-hydrogen) atoms. The van der Waals surface area contributed by atoms with Crippen LogP contribution in [0, 0.1) is 0 Å². The molecular weight excluding hydrogens is 272 g/mol. The molecule has 7 nitrogen and oxygen atoms in total. The number of amides is 1. The zero-order valence-corrected chi connectivity index (χ0v) is 11.7. The van der Waals surface area contributed by atoms with Crippen LogP contribution in [-0.4, -0.2) is 52.6 Å². The lowest BCUT2D eigenvalue weighted by Crippen LogP contribution is -2.52. The number of para-hydroxylation sites is 2. The summed E-state index contributed by atoms with van der Waals surface area (Å²) in [6, 6.07) is 7.48. The first-order chi connectivity index (χ1) is 10.3. The van der Waals surface area contributed by atoms with Gasteiger partial charge in [0.2, 0.25) is 0 Å². The minimum Gasteiger partial charge on any atom is -0.493 e. The van der Waals surface area contributed by atoms with Gasteiger partial charge in [-0.05, 0) is 12.1 Å². The Kier molecular flexibility index (Phi) is 3.72. The fourth-order valence-electron chi connectivity index (χ4n) is 2.21. The summed E-state index contributed by atoms with van der Waals surface area (Å²) in [5.74, 6) is 1.15. The molecule has 1 aromatic carbocycles. The number of benzene rings is 1. The number of nitrogens with zero attached hydrogens (tertiary/aromatic N) is 4. The van der Waals surface area contributed by atoms with Gasteiger partial charge in [-0.25, -0.2) is 4.68 Å². The number of likely N-dealkylation sites (tertiary alicyclic amines) is 1. The lowest BCUT2D eigenvalue weighted by Gasteiger charge is -2.38. The summed E-state index contributed by atoms with van der Waals surface area (Å²) in [4.78, 5) is 13.8. The van der Waals surface area contributed by atoms with E-state index in [9.17, 15) is 4.79 Å². The molecule has 0 unspecified atom stereocenters. The van der Waals surface area contributed by atoms with Crippen LogP contribution in [0.4, 0.5) is 0 Å². The van der Waals surface area contributed by atoms with Gasteiger partial charge in [-0.1, -0.05) is 17.3 Å². The highest BCUT2D eigenvalue weighted by Gasteiger charge is 2.32. The van der Waals surface area contributed by atoms with Crippen LogP contribution in [0.2, 0.25) is 0 Å². The molecule has 7 heteroatoms. The monoisotopic (exact) mass is 288 g/mol. The lowest BCUT2D eigenvalue weighted by atomic mass is 10.1. The molecule has 0 spiro atoms. The van der Waals surface area contributed by atoms with E-state index in [0.29, 0.717) is 24.6 Å². The van der Waals surface area contributed by atoms with Crippen LogP contribution in [0.3, 0.4) is 0 Å². The number of ether oxygens (including phenoxy) is 2. The van der Waals surface area contributed by atoms with Crippen LogP contribution in [0.5, 0.6) is 11.5 Å². The predicted octanol–water partition coefficient (Wildman–Crippen LogP) is 0.749. The average Bonchev–Trinajstić information content (AvgIpc) is 2.97. The van der Waals surface area contributed by atoms with Gasteiger partial charge in [0.1, 0.15) is 0 Å². The molecule has 0 bridgehead atoms. The van der Waals surface area contributed by atoms with Gasteiger partial charge in [0.25, 0.3) is 5.91 Å². The van der Waals surface area contributed by atoms with E-state index in [1.165, 1.54) is 0 Å². The zero-order valence-electron chi connectivity index (χ0n) is 11.7. The number of carbonyl (C=O) groups is 1. The third-order valence-corrected chi connectivity index (χ3v) is 3.45. The molecule has 1 aliphatic heterocycles. The molecule has 0 aliphatic carbocycles. The van der Waals surface area contributed by atoms with E-state index in [1.54, 1.807) is 41.2 Å². The minimum absolute atomic E-state index is 0.00442. The molecule has 1 aromatic heterocycles. The normalized spacial score (nSPS) is 14.6. The largest absolute Gasteiger partial charge is 0.493 e. The Labute approximate surface area is 122 Å². The number of carbonyl (C=O) groups excluding carboxylic acids is 1. The molecule has 110 valence electrons. The van der Waals surface area contributed by atoms with Crippen molar-refractivity contribution in [1.82, 2.24) is 19.9 Å². The van der Waals surface area contributed by atoms with Crippen molar-refractivity contribution in [1.29, 1.82) is 0 Å².